The van der Waals surface area contributed by atoms with Crippen LogP contribution in [0.25, 0.3) is 10.8 Å². The predicted octanol–water partition coefficient (Wildman–Crippen LogP) is 2.88. The van der Waals surface area contributed by atoms with Crippen LogP contribution < -0.4 is 10.5 Å². The van der Waals surface area contributed by atoms with Crippen molar-refractivity contribution in [1.82, 2.24) is 9.97 Å². The van der Waals surface area contributed by atoms with Gasteiger partial charge in [0.25, 0.3) is 0 Å². The maximum absolute atomic E-state index is 6.38. The molecule has 0 saturated carbocycles. The van der Waals surface area contributed by atoms with Gasteiger partial charge in [0.2, 0.25) is 5.88 Å². The Kier molecular flexibility index (Phi) is 3.79. The highest BCUT2D eigenvalue weighted by molar-refractivity contribution is 5.85. The van der Waals surface area contributed by atoms with Crippen LogP contribution in [0.1, 0.15) is 17.2 Å². The smallest absolute Gasteiger partial charge is 0.212 e. The highest BCUT2D eigenvalue weighted by atomic mass is 16.5. The maximum atomic E-state index is 6.38. The monoisotopic (exact) mass is 279 g/mol. The molecule has 106 valence electrons. The Morgan fingerprint density at radius 1 is 1.14 bits per heavy atom. The van der Waals surface area contributed by atoms with Crippen molar-refractivity contribution in [3.63, 3.8) is 0 Å². The van der Waals surface area contributed by atoms with Gasteiger partial charge in [-0.1, -0.05) is 24.3 Å². The molecule has 1 aromatic carbocycles. The summed E-state index contributed by atoms with van der Waals surface area (Å²) < 4.78 is 5.07. The van der Waals surface area contributed by atoms with E-state index in [1.807, 2.05) is 36.7 Å². The van der Waals surface area contributed by atoms with Crippen LogP contribution in [-0.2, 0) is 6.42 Å². The summed E-state index contributed by atoms with van der Waals surface area (Å²) in [5.41, 5.74) is 8.57. The van der Waals surface area contributed by atoms with E-state index in [-0.39, 0.29) is 6.04 Å². The van der Waals surface area contributed by atoms with Gasteiger partial charge in [-0.25, -0.2) is 4.98 Å². The number of pyridine rings is 2. The number of benzene rings is 1. The first-order valence-corrected chi connectivity index (χ1v) is 6.85. The third-order valence-corrected chi connectivity index (χ3v) is 3.58. The second-order valence-electron chi connectivity index (χ2n) is 4.96. The summed E-state index contributed by atoms with van der Waals surface area (Å²) in [4.78, 5) is 8.42. The number of aromatic nitrogens is 2. The van der Waals surface area contributed by atoms with Gasteiger partial charge in [0.1, 0.15) is 0 Å². The fourth-order valence-electron chi connectivity index (χ4n) is 2.48. The molecule has 0 aliphatic carbocycles. The molecule has 0 radical (unpaired) electrons. The van der Waals surface area contributed by atoms with Crippen molar-refractivity contribution in [1.29, 1.82) is 0 Å². The van der Waals surface area contributed by atoms with Crippen molar-refractivity contribution in [3.8, 4) is 5.88 Å². The molecule has 1 atom stereocenters. The third-order valence-electron chi connectivity index (χ3n) is 3.58. The van der Waals surface area contributed by atoms with Crippen molar-refractivity contribution in [2.75, 3.05) is 7.11 Å². The van der Waals surface area contributed by atoms with E-state index in [0.717, 1.165) is 28.3 Å². The molecule has 0 fully saturated rings. The average Bonchev–Trinajstić information content (AvgIpc) is 2.55. The SMILES string of the molecule is COc1ccc(CC(N)c2cccc3ccncc23)cn1. The maximum Gasteiger partial charge on any atom is 0.212 e. The number of hydrogen-bond acceptors (Lipinski definition) is 4. The van der Waals surface area contributed by atoms with Crippen molar-refractivity contribution < 1.29 is 4.74 Å². The minimum absolute atomic E-state index is 0.0897. The van der Waals surface area contributed by atoms with Gasteiger partial charge in [0.15, 0.2) is 0 Å². The Morgan fingerprint density at radius 3 is 2.81 bits per heavy atom. The van der Waals surface area contributed by atoms with Gasteiger partial charge in [0.05, 0.1) is 7.11 Å². The zero-order valence-corrected chi connectivity index (χ0v) is 11.9. The van der Waals surface area contributed by atoms with Gasteiger partial charge in [-0.3, -0.25) is 4.98 Å². The molecule has 4 heteroatoms. The molecule has 0 bridgehead atoms. The molecule has 2 N–H and O–H groups in total. The van der Waals surface area contributed by atoms with Crippen LogP contribution in [0.3, 0.4) is 0 Å². The predicted molar refractivity (Wildman–Crippen MR) is 83.2 cm³/mol. The first-order chi connectivity index (χ1) is 10.3. The Hall–Kier alpha value is -2.46. The fourth-order valence-corrected chi connectivity index (χ4v) is 2.48. The second-order valence-corrected chi connectivity index (χ2v) is 4.96. The van der Waals surface area contributed by atoms with E-state index in [1.54, 1.807) is 13.3 Å². The first kappa shape index (κ1) is 13.5. The van der Waals surface area contributed by atoms with Gasteiger partial charge in [0, 0.05) is 36.1 Å². The van der Waals surface area contributed by atoms with E-state index >= 15 is 0 Å². The molecule has 3 rings (SSSR count). The summed E-state index contributed by atoms with van der Waals surface area (Å²) in [7, 11) is 1.61. The molecule has 1 unspecified atom stereocenters. The van der Waals surface area contributed by atoms with Crippen molar-refractivity contribution in [2.45, 2.75) is 12.5 Å². The Balaban J connectivity index is 1.88. The molecule has 2 aromatic heterocycles. The highest BCUT2D eigenvalue weighted by Crippen LogP contribution is 2.24. The van der Waals surface area contributed by atoms with Gasteiger partial charge >= 0.3 is 0 Å². The van der Waals surface area contributed by atoms with Gasteiger partial charge in [-0.2, -0.15) is 0 Å². The molecule has 0 saturated heterocycles. The third kappa shape index (κ3) is 2.85. The Labute approximate surface area is 123 Å². The van der Waals surface area contributed by atoms with Gasteiger partial charge in [-0.15, -0.1) is 0 Å². The first-order valence-electron chi connectivity index (χ1n) is 6.85. The normalized spacial score (nSPS) is 12.3. The topological polar surface area (TPSA) is 61.0 Å². The van der Waals surface area contributed by atoms with Gasteiger partial charge in [-0.05, 0) is 29.0 Å². The summed E-state index contributed by atoms with van der Waals surface area (Å²) >= 11 is 0. The number of nitrogens with two attached hydrogens (primary N) is 1. The van der Waals surface area contributed by atoms with Crippen LogP contribution in [-0.4, -0.2) is 17.1 Å². The largest absolute Gasteiger partial charge is 0.481 e. The van der Waals surface area contributed by atoms with E-state index in [0.29, 0.717) is 5.88 Å². The fraction of sp³-hybridized carbons (Fsp3) is 0.176. The van der Waals surface area contributed by atoms with Gasteiger partial charge < -0.3 is 10.5 Å². The van der Waals surface area contributed by atoms with Crippen molar-refractivity contribution in [2.24, 2.45) is 5.73 Å². The van der Waals surface area contributed by atoms with E-state index in [4.69, 9.17) is 10.5 Å². The summed E-state index contributed by atoms with van der Waals surface area (Å²) in [6.07, 6.45) is 6.20. The molecular weight excluding hydrogens is 262 g/mol. The summed E-state index contributed by atoms with van der Waals surface area (Å²) in [6, 6.07) is 11.9. The van der Waals surface area contributed by atoms with Crippen LogP contribution in [0.15, 0.2) is 55.0 Å². The quantitative estimate of drug-likeness (QED) is 0.797. The molecule has 0 spiro atoms. The number of methoxy groups -OCH3 is 1. The standard InChI is InChI=1S/C17H17N3O/c1-21-17-6-5-12(10-20-17)9-16(18)14-4-2-3-13-7-8-19-11-15(13)14/h2-8,10-11,16H,9,18H2,1H3. The lowest BCUT2D eigenvalue weighted by Crippen LogP contribution is -2.14. The minimum Gasteiger partial charge on any atom is -0.481 e. The van der Waals surface area contributed by atoms with Crippen LogP contribution >= 0.6 is 0 Å². The molecule has 0 amide bonds. The van der Waals surface area contributed by atoms with Crippen molar-refractivity contribution in [3.05, 3.63) is 66.1 Å². The summed E-state index contributed by atoms with van der Waals surface area (Å²) in [6.45, 7) is 0. The lowest BCUT2D eigenvalue weighted by Gasteiger charge is -2.14. The number of hydrogen-bond donors (Lipinski definition) is 1. The number of nitrogens with zero attached hydrogens (tertiary/aromatic N) is 2. The van der Waals surface area contributed by atoms with E-state index < -0.39 is 0 Å². The molecule has 0 aliphatic rings. The second kappa shape index (κ2) is 5.89. The van der Waals surface area contributed by atoms with Crippen LogP contribution in [0, 0.1) is 0 Å². The molecule has 3 aromatic rings. The Bertz CT molecular complexity index is 735. The van der Waals surface area contributed by atoms with Crippen LogP contribution in [0.2, 0.25) is 0 Å². The number of rotatable bonds is 4. The average molecular weight is 279 g/mol. The zero-order chi connectivity index (χ0) is 14.7. The summed E-state index contributed by atoms with van der Waals surface area (Å²) in [5.74, 6) is 0.613. The van der Waals surface area contributed by atoms with E-state index in [1.165, 1.54) is 0 Å². The lowest BCUT2D eigenvalue weighted by atomic mass is 9.96. The zero-order valence-electron chi connectivity index (χ0n) is 11.9. The summed E-state index contributed by atoms with van der Waals surface area (Å²) in [5, 5.41) is 2.26. The number of fused-ring (bicyclic) bond motifs is 1. The molecule has 4 nitrogen and oxygen atoms in total. The van der Waals surface area contributed by atoms with Crippen LogP contribution in [0.4, 0.5) is 0 Å². The molecular formula is C17H17N3O. The highest BCUT2D eigenvalue weighted by Gasteiger charge is 2.11. The minimum atomic E-state index is -0.0897. The number of ether oxygens (including phenoxy) is 1. The lowest BCUT2D eigenvalue weighted by molar-refractivity contribution is 0.397. The van der Waals surface area contributed by atoms with E-state index in [9.17, 15) is 0 Å². The molecule has 21 heavy (non-hydrogen) atoms. The molecule has 0 aliphatic heterocycles. The van der Waals surface area contributed by atoms with Crippen LogP contribution in [0.5, 0.6) is 5.88 Å². The Morgan fingerprint density at radius 2 is 2.05 bits per heavy atom. The van der Waals surface area contributed by atoms with E-state index in [2.05, 4.69) is 22.1 Å². The molecule has 2 heterocycles. The van der Waals surface area contributed by atoms with Crippen molar-refractivity contribution >= 4 is 10.8 Å².